The van der Waals surface area contributed by atoms with Crippen molar-refractivity contribution in [2.45, 2.75) is 57.5 Å². The van der Waals surface area contributed by atoms with Crippen molar-refractivity contribution in [1.82, 2.24) is 20.5 Å². The van der Waals surface area contributed by atoms with Crippen molar-refractivity contribution in [3.63, 3.8) is 0 Å². The number of aryl methyl sites for hydroxylation is 3. The summed E-state index contributed by atoms with van der Waals surface area (Å²) in [6.07, 6.45) is 7.35. The number of carbonyl (C=O) groups is 2. The molecule has 1 heterocycles. The van der Waals surface area contributed by atoms with Gasteiger partial charge in [0.1, 0.15) is 5.82 Å². The lowest BCUT2D eigenvalue weighted by Crippen LogP contribution is -2.35. The number of aromatic amines is 1. The van der Waals surface area contributed by atoms with Crippen LogP contribution in [0.15, 0.2) is 23.4 Å². The van der Waals surface area contributed by atoms with Gasteiger partial charge in [-0.15, -0.1) is 5.10 Å². The third kappa shape index (κ3) is 6.09. The number of nitrogens with one attached hydrogen (secondary N) is 3. The Hall–Kier alpha value is -2.35. The van der Waals surface area contributed by atoms with E-state index in [2.05, 4.69) is 25.8 Å². The number of carbonyl (C=O) groups excluding carboxylic acids is 2. The molecule has 0 saturated heterocycles. The highest BCUT2D eigenvalue weighted by Crippen LogP contribution is 2.28. The van der Waals surface area contributed by atoms with Crippen LogP contribution in [0.25, 0.3) is 0 Å². The zero-order valence-electron chi connectivity index (χ0n) is 16.4. The molecule has 1 aliphatic carbocycles. The van der Waals surface area contributed by atoms with Crippen LogP contribution in [0.1, 0.15) is 49.1 Å². The number of nitrogens with zero attached hydrogens (tertiary/aromatic N) is 2. The summed E-state index contributed by atoms with van der Waals surface area (Å²) >= 11 is 1.21. The smallest absolute Gasteiger partial charge is 0.308 e. The summed E-state index contributed by atoms with van der Waals surface area (Å²) < 4.78 is 0. The van der Waals surface area contributed by atoms with Gasteiger partial charge in [0.2, 0.25) is 11.1 Å². The molecular weight excluding hydrogens is 374 g/mol. The number of H-pyrrole nitrogens is 1. The summed E-state index contributed by atoms with van der Waals surface area (Å²) in [5, 5.41) is 12.6. The number of urea groups is 1. The van der Waals surface area contributed by atoms with Gasteiger partial charge < -0.3 is 5.32 Å². The number of rotatable bonds is 7. The highest BCUT2D eigenvalue weighted by Gasteiger charge is 2.16. The van der Waals surface area contributed by atoms with Crippen LogP contribution in [-0.2, 0) is 11.2 Å². The quantitative estimate of drug-likeness (QED) is 0.609. The molecule has 0 unspecified atom stereocenters. The predicted molar refractivity (Wildman–Crippen MR) is 110 cm³/mol. The largest absolute Gasteiger partial charge is 0.325 e. The lowest BCUT2D eigenvalue weighted by atomic mass is 10.0. The second-order valence-corrected chi connectivity index (χ2v) is 8.29. The minimum absolute atomic E-state index is 0.0836. The molecule has 1 saturated carbocycles. The average molecular weight is 402 g/mol. The lowest BCUT2D eigenvalue weighted by molar-refractivity contribution is -0.117. The Balaban J connectivity index is 1.38. The van der Waals surface area contributed by atoms with E-state index in [9.17, 15) is 9.59 Å². The van der Waals surface area contributed by atoms with E-state index in [4.69, 9.17) is 0 Å². The van der Waals surface area contributed by atoms with E-state index >= 15 is 0 Å². The molecule has 0 atom stereocenters. The standard InChI is InChI=1S/C20H27N5O2S/c1-13-7-9-16(11-14(13)2)21-19(27)23-18(26)12-28-20-22-17(24-25-20)10-8-15-5-3-4-6-15/h7,9,11,15H,3-6,8,10,12H2,1-2H3,(H,22,24,25)(H2,21,23,26,27). The molecule has 1 aromatic carbocycles. The maximum atomic E-state index is 12.0. The van der Waals surface area contributed by atoms with Crippen LogP contribution < -0.4 is 10.6 Å². The summed E-state index contributed by atoms with van der Waals surface area (Å²) in [7, 11) is 0. The number of hydrogen-bond acceptors (Lipinski definition) is 5. The van der Waals surface area contributed by atoms with E-state index in [1.807, 2.05) is 32.0 Å². The SMILES string of the molecule is Cc1ccc(NC(=O)NC(=O)CSc2n[nH]c(CCC3CCCC3)n2)cc1C. The van der Waals surface area contributed by atoms with Crippen LogP contribution in [0.3, 0.4) is 0 Å². The van der Waals surface area contributed by atoms with Gasteiger partial charge in [-0.3, -0.25) is 15.2 Å². The van der Waals surface area contributed by atoms with E-state index < -0.39 is 6.03 Å². The molecule has 3 amide bonds. The van der Waals surface area contributed by atoms with Crippen molar-refractivity contribution in [2.75, 3.05) is 11.1 Å². The van der Waals surface area contributed by atoms with Gasteiger partial charge in [-0.2, -0.15) is 0 Å². The number of anilines is 1. The molecule has 150 valence electrons. The molecule has 0 aliphatic heterocycles. The molecular formula is C20H27N5O2S. The number of imide groups is 1. The fourth-order valence-electron chi connectivity index (χ4n) is 3.37. The summed E-state index contributed by atoms with van der Waals surface area (Å²) in [5.41, 5.74) is 2.88. The Kier molecular flexibility index (Phi) is 7.08. The van der Waals surface area contributed by atoms with Crippen molar-refractivity contribution >= 4 is 29.4 Å². The van der Waals surface area contributed by atoms with Crippen LogP contribution in [0, 0.1) is 19.8 Å². The van der Waals surface area contributed by atoms with Gasteiger partial charge in [0.05, 0.1) is 5.75 Å². The summed E-state index contributed by atoms with van der Waals surface area (Å²) in [6, 6.07) is 5.06. The van der Waals surface area contributed by atoms with E-state index in [1.165, 1.54) is 37.4 Å². The molecule has 8 heteroatoms. The number of hydrogen-bond donors (Lipinski definition) is 3. The zero-order chi connectivity index (χ0) is 19.9. The highest BCUT2D eigenvalue weighted by atomic mass is 32.2. The third-order valence-corrected chi connectivity index (χ3v) is 5.97. The third-order valence-electron chi connectivity index (χ3n) is 5.13. The molecule has 2 aromatic rings. The van der Waals surface area contributed by atoms with Gasteiger partial charge in [0.15, 0.2) is 0 Å². The van der Waals surface area contributed by atoms with E-state index in [0.717, 1.165) is 35.7 Å². The van der Waals surface area contributed by atoms with Crippen molar-refractivity contribution in [3.05, 3.63) is 35.2 Å². The first-order valence-corrected chi connectivity index (χ1v) is 10.7. The van der Waals surface area contributed by atoms with Crippen molar-refractivity contribution < 1.29 is 9.59 Å². The number of thioether (sulfide) groups is 1. The van der Waals surface area contributed by atoms with Gasteiger partial charge in [-0.25, -0.2) is 9.78 Å². The second-order valence-electron chi connectivity index (χ2n) is 7.34. The summed E-state index contributed by atoms with van der Waals surface area (Å²) in [4.78, 5) is 28.4. The lowest BCUT2D eigenvalue weighted by Gasteiger charge is -2.08. The van der Waals surface area contributed by atoms with Crippen molar-refractivity contribution in [2.24, 2.45) is 5.92 Å². The van der Waals surface area contributed by atoms with Gasteiger partial charge in [-0.05, 0) is 49.4 Å². The summed E-state index contributed by atoms with van der Waals surface area (Å²) in [6.45, 7) is 3.97. The fourth-order valence-corrected chi connectivity index (χ4v) is 3.99. The van der Waals surface area contributed by atoms with E-state index in [1.54, 1.807) is 0 Å². The monoisotopic (exact) mass is 401 g/mol. The highest BCUT2D eigenvalue weighted by molar-refractivity contribution is 7.99. The second kappa shape index (κ2) is 9.73. The molecule has 3 N–H and O–H groups in total. The normalized spacial score (nSPS) is 14.2. The van der Waals surface area contributed by atoms with E-state index in [0.29, 0.717) is 10.8 Å². The Bertz CT molecular complexity index is 830. The van der Waals surface area contributed by atoms with Crippen LogP contribution in [0.2, 0.25) is 0 Å². The number of amides is 3. The van der Waals surface area contributed by atoms with Gasteiger partial charge in [-0.1, -0.05) is 43.5 Å². The topological polar surface area (TPSA) is 99.8 Å². The maximum Gasteiger partial charge on any atom is 0.325 e. The van der Waals surface area contributed by atoms with Gasteiger partial charge in [0.25, 0.3) is 0 Å². The van der Waals surface area contributed by atoms with Crippen LogP contribution in [0.4, 0.5) is 10.5 Å². The van der Waals surface area contributed by atoms with E-state index in [-0.39, 0.29) is 11.7 Å². The number of aromatic nitrogens is 3. The van der Waals surface area contributed by atoms with Crippen LogP contribution >= 0.6 is 11.8 Å². The molecule has 1 aliphatic rings. The molecule has 1 fully saturated rings. The predicted octanol–water partition coefficient (Wildman–Crippen LogP) is 3.98. The number of benzene rings is 1. The molecule has 28 heavy (non-hydrogen) atoms. The van der Waals surface area contributed by atoms with Crippen LogP contribution in [0.5, 0.6) is 0 Å². The Morgan fingerprint density at radius 2 is 2.00 bits per heavy atom. The van der Waals surface area contributed by atoms with Gasteiger partial charge >= 0.3 is 6.03 Å². The Labute approximate surface area is 169 Å². The summed E-state index contributed by atoms with van der Waals surface area (Å²) in [5.74, 6) is 1.37. The Morgan fingerprint density at radius 1 is 1.21 bits per heavy atom. The minimum Gasteiger partial charge on any atom is -0.308 e. The first-order chi connectivity index (χ1) is 13.5. The van der Waals surface area contributed by atoms with Crippen molar-refractivity contribution in [1.29, 1.82) is 0 Å². The average Bonchev–Trinajstić information content (AvgIpc) is 3.33. The maximum absolute atomic E-state index is 12.0. The molecule has 0 spiro atoms. The molecule has 0 radical (unpaired) electrons. The first kappa shape index (κ1) is 20.4. The molecule has 1 aromatic heterocycles. The minimum atomic E-state index is -0.541. The molecule has 3 rings (SSSR count). The fraction of sp³-hybridized carbons (Fsp3) is 0.500. The Morgan fingerprint density at radius 3 is 2.75 bits per heavy atom. The molecule has 7 nitrogen and oxygen atoms in total. The first-order valence-electron chi connectivity index (χ1n) is 9.72. The molecule has 0 bridgehead atoms. The zero-order valence-corrected chi connectivity index (χ0v) is 17.2. The van der Waals surface area contributed by atoms with Crippen LogP contribution in [-0.4, -0.2) is 32.9 Å². The van der Waals surface area contributed by atoms with Gasteiger partial charge in [0, 0.05) is 12.1 Å². The van der Waals surface area contributed by atoms with Crippen molar-refractivity contribution in [3.8, 4) is 0 Å².